The van der Waals surface area contributed by atoms with Gasteiger partial charge in [0.05, 0.1) is 0 Å². The highest BCUT2D eigenvalue weighted by Gasteiger charge is 2.30. The standard InChI is InChI=1S/C27H22O6/c1-12-9-19(28)24(30)26(32)21(12)17-8-7-16-15-6-4-3-5-14(15)11-18(16)23(17)22-13(2)10-20(29)25(31)27(22)33/h3-10,28-33H,11H2,1-2H3. The SMILES string of the molecule is Cc1cc(O)c(O)c(O)c1-c1ccc2c(c1-c1c(C)cc(O)c(O)c1O)Cc1ccccc1-2. The van der Waals surface area contributed by atoms with E-state index < -0.39 is 34.5 Å². The van der Waals surface area contributed by atoms with Crippen molar-refractivity contribution in [1.82, 2.24) is 0 Å². The third kappa shape index (κ3) is 2.88. The number of hydrogen-bond donors (Lipinski definition) is 6. The van der Waals surface area contributed by atoms with Gasteiger partial charge in [-0.1, -0.05) is 36.4 Å². The van der Waals surface area contributed by atoms with Gasteiger partial charge in [0.15, 0.2) is 23.0 Å². The molecule has 166 valence electrons. The lowest BCUT2D eigenvalue weighted by molar-refractivity contribution is 0.368. The minimum Gasteiger partial charge on any atom is -0.504 e. The van der Waals surface area contributed by atoms with Gasteiger partial charge in [-0.25, -0.2) is 0 Å². The molecule has 0 bridgehead atoms. The molecule has 0 unspecified atom stereocenters. The fourth-order valence-corrected chi connectivity index (χ4v) is 4.91. The second kappa shape index (κ2) is 7.10. The van der Waals surface area contributed by atoms with Gasteiger partial charge in [0.25, 0.3) is 0 Å². The van der Waals surface area contributed by atoms with Gasteiger partial charge < -0.3 is 30.6 Å². The molecular weight excluding hydrogens is 420 g/mol. The third-order valence-corrected chi connectivity index (χ3v) is 6.41. The number of benzene rings is 4. The molecule has 5 rings (SSSR count). The van der Waals surface area contributed by atoms with E-state index in [4.69, 9.17) is 0 Å². The van der Waals surface area contributed by atoms with E-state index in [1.807, 2.05) is 30.3 Å². The fourth-order valence-electron chi connectivity index (χ4n) is 4.91. The van der Waals surface area contributed by atoms with Crippen molar-refractivity contribution >= 4 is 0 Å². The van der Waals surface area contributed by atoms with E-state index in [0.29, 0.717) is 39.8 Å². The van der Waals surface area contributed by atoms with E-state index in [2.05, 4.69) is 0 Å². The number of aryl methyl sites for hydroxylation is 2. The predicted molar refractivity (Wildman–Crippen MR) is 125 cm³/mol. The molecule has 0 heterocycles. The fraction of sp³-hybridized carbons (Fsp3) is 0.111. The first-order valence-corrected chi connectivity index (χ1v) is 10.4. The lowest BCUT2D eigenvalue weighted by Crippen LogP contribution is -1.97. The van der Waals surface area contributed by atoms with Crippen LogP contribution in [0.1, 0.15) is 22.3 Å². The lowest BCUT2D eigenvalue weighted by atomic mass is 9.84. The van der Waals surface area contributed by atoms with E-state index in [0.717, 1.165) is 22.3 Å². The molecule has 6 N–H and O–H groups in total. The summed E-state index contributed by atoms with van der Waals surface area (Å²) in [7, 11) is 0. The number of aromatic hydroxyl groups is 6. The number of fused-ring (bicyclic) bond motifs is 3. The maximum atomic E-state index is 10.9. The number of phenolic OH excluding ortho intramolecular Hbond substituents is 6. The Labute approximate surface area is 189 Å². The molecular formula is C27H22O6. The van der Waals surface area contributed by atoms with Crippen molar-refractivity contribution in [2.45, 2.75) is 20.3 Å². The quantitative estimate of drug-likeness (QED) is 0.202. The van der Waals surface area contributed by atoms with Crippen LogP contribution in [0.15, 0.2) is 48.5 Å². The normalized spacial score (nSPS) is 11.9. The van der Waals surface area contributed by atoms with Crippen molar-refractivity contribution in [3.63, 3.8) is 0 Å². The van der Waals surface area contributed by atoms with Crippen LogP contribution in [0.25, 0.3) is 33.4 Å². The zero-order valence-corrected chi connectivity index (χ0v) is 18.0. The molecule has 1 aliphatic carbocycles. The third-order valence-electron chi connectivity index (χ3n) is 6.41. The Morgan fingerprint density at radius 3 is 1.76 bits per heavy atom. The van der Waals surface area contributed by atoms with Crippen LogP contribution in [0.4, 0.5) is 0 Å². The highest BCUT2D eigenvalue weighted by Crippen LogP contribution is 2.55. The Bertz CT molecular complexity index is 1470. The number of rotatable bonds is 2. The molecule has 0 fully saturated rings. The van der Waals surface area contributed by atoms with Crippen molar-refractivity contribution in [3.05, 3.63) is 70.8 Å². The van der Waals surface area contributed by atoms with Gasteiger partial charge in [0.2, 0.25) is 11.5 Å². The lowest BCUT2D eigenvalue weighted by Gasteiger charge is -2.21. The van der Waals surface area contributed by atoms with Crippen molar-refractivity contribution in [2.75, 3.05) is 0 Å². The monoisotopic (exact) mass is 442 g/mol. The highest BCUT2D eigenvalue weighted by molar-refractivity contribution is 5.99. The molecule has 0 amide bonds. The zero-order valence-electron chi connectivity index (χ0n) is 18.0. The maximum absolute atomic E-state index is 10.9. The Morgan fingerprint density at radius 1 is 0.545 bits per heavy atom. The first-order chi connectivity index (χ1) is 15.7. The van der Waals surface area contributed by atoms with Crippen LogP contribution in [0, 0.1) is 13.8 Å². The largest absolute Gasteiger partial charge is 0.504 e. The molecule has 0 saturated heterocycles. The first kappa shape index (κ1) is 20.6. The minimum atomic E-state index is -0.639. The van der Waals surface area contributed by atoms with Crippen LogP contribution >= 0.6 is 0 Å². The molecule has 0 aliphatic heterocycles. The molecule has 1 aliphatic rings. The van der Waals surface area contributed by atoms with Crippen molar-refractivity contribution in [1.29, 1.82) is 0 Å². The Morgan fingerprint density at radius 2 is 1.09 bits per heavy atom. The Balaban J connectivity index is 1.93. The average molecular weight is 442 g/mol. The van der Waals surface area contributed by atoms with Crippen LogP contribution in [0.3, 0.4) is 0 Å². The summed E-state index contributed by atoms with van der Waals surface area (Å²) in [5.74, 6) is -3.11. The molecule has 0 aromatic heterocycles. The van der Waals surface area contributed by atoms with Crippen LogP contribution in [0.2, 0.25) is 0 Å². The molecule has 0 radical (unpaired) electrons. The summed E-state index contributed by atoms with van der Waals surface area (Å²) in [6.07, 6.45) is 0.555. The van der Waals surface area contributed by atoms with Gasteiger partial charge in [0, 0.05) is 11.1 Å². The van der Waals surface area contributed by atoms with Gasteiger partial charge in [-0.15, -0.1) is 0 Å². The number of hydrogen-bond acceptors (Lipinski definition) is 6. The van der Waals surface area contributed by atoms with Crippen LogP contribution in [-0.2, 0) is 6.42 Å². The molecule has 0 saturated carbocycles. The summed E-state index contributed by atoms with van der Waals surface area (Å²) in [5, 5.41) is 62.2. The van der Waals surface area contributed by atoms with Crippen LogP contribution < -0.4 is 0 Å². The number of phenols is 6. The van der Waals surface area contributed by atoms with E-state index in [1.165, 1.54) is 12.1 Å². The first-order valence-electron chi connectivity index (χ1n) is 10.4. The molecule has 0 atom stereocenters. The van der Waals surface area contributed by atoms with Gasteiger partial charge in [0.1, 0.15) is 0 Å². The summed E-state index contributed by atoms with van der Waals surface area (Å²) >= 11 is 0. The Kier molecular flexibility index (Phi) is 4.43. The van der Waals surface area contributed by atoms with Crippen LogP contribution in [0.5, 0.6) is 34.5 Å². The van der Waals surface area contributed by atoms with Gasteiger partial charge in [-0.05, 0) is 76.9 Å². The second-order valence-corrected chi connectivity index (χ2v) is 8.42. The van der Waals surface area contributed by atoms with E-state index in [-0.39, 0.29) is 0 Å². The van der Waals surface area contributed by atoms with Crippen LogP contribution in [-0.4, -0.2) is 30.6 Å². The maximum Gasteiger partial charge on any atom is 0.200 e. The predicted octanol–water partition coefficient (Wildman–Crippen LogP) is 5.44. The summed E-state index contributed by atoms with van der Waals surface area (Å²) in [6, 6.07) is 14.4. The Hall–Kier alpha value is -4.32. The average Bonchev–Trinajstić information content (AvgIpc) is 3.16. The molecule has 6 heteroatoms. The molecule has 4 aromatic rings. The second-order valence-electron chi connectivity index (χ2n) is 8.42. The summed E-state index contributed by atoms with van der Waals surface area (Å²) < 4.78 is 0. The molecule has 6 nitrogen and oxygen atoms in total. The van der Waals surface area contributed by atoms with Crippen molar-refractivity contribution in [2.24, 2.45) is 0 Å². The summed E-state index contributed by atoms with van der Waals surface area (Å²) in [6.45, 7) is 3.40. The van der Waals surface area contributed by atoms with Gasteiger partial charge in [-0.3, -0.25) is 0 Å². The molecule has 33 heavy (non-hydrogen) atoms. The molecule has 4 aromatic carbocycles. The van der Waals surface area contributed by atoms with Crippen molar-refractivity contribution < 1.29 is 30.6 Å². The van der Waals surface area contributed by atoms with Gasteiger partial charge >= 0.3 is 0 Å². The van der Waals surface area contributed by atoms with E-state index >= 15 is 0 Å². The molecule has 0 spiro atoms. The van der Waals surface area contributed by atoms with E-state index in [1.54, 1.807) is 19.9 Å². The topological polar surface area (TPSA) is 121 Å². The minimum absolute atomic E-state index is 0.297. The summed E-state index contributed by atoms with van der Waals surface area (Å²) in [4.78, 5) is 0. The highest BCUT2D eigenvalue weighted by atomic mass is 16.3. The summed E-state index contributed by atoms with van der Waals surface area (Å²) in [5.41, 5.74) is 6.71. The van der Waals surface area contributed by atoms with E-state index in [9.17, 15) is 30.6 Å². The smallest absolute Gasteiger partial charge is 0.200 e. The zero-order chi connectivity index (χ0) is 23.6. The van der Waals surface area contributed by atoms with Crippen molar-refractivity contribution in [3.8, 4) is 67.9 Å². The van der Waals surface area contributed by atoms with Gasteiger partial charge in [-0.2, -0.15) is 0 Å².